The Bertz CT molecular complexity index is 611. The van der Waals surface area contributed by atoms with E-state index in [9.17, 15) is 49.1 Å². The molecule has 136 valence electrons. The Balaban J connectivity index is 3.34. The molecule has 5 nitrogen and oxygen atoms in total. The molecule has 0 aliphatic carbocycles. The summed E-state index contributed by atoms with van der Waals surface area (Å²) in [5, 5.41) is 0. The fourth-order valence-corrected chi connectivity index (χ4v) is 1.35. The van der Waals surface area contributed by atoms with Gasteiger partial charge in [-0.05, 0) is 6.92 Å². The van der Waals surface area contributed by atoms with Crippen molar-refractivity contribution in [3.05, 3.63) is 11.3 Å². The van der Waals surface area contributed by atoms with E-state index < -0.39 is 53.7 Å². The van der Waals surface area contributed by atoms with Crippen molar-refractivity contribution < 1.29 is 58.6 Å². The molecule has 0 unspecified atom stereocenters. The predicted molar refractivity (Wildman–Crippen MR) is 54.3 cm³/mol. The SMILES string of the molecule is C/C(C1=N[C@@H](C(F)(F)F)OC1=O)=C(\OC(=O)C(F)(F)F)C(F)(F)F. The van der Waals surface area contributed by atoms with Crippen LogP contribution in [0.1, 0.15) is 6.92 Å². The first kappa shape index (κ1) is 19.8. The van der Waals surface area contributed by atoms with Crippen LogP contribution in [-0.4, -0.2) is 42.4 Å². The number of hydrogen-bond acceptors (Lipinski definition) is 5. The first-order chi connectivity index (χ1) is 10.5. The molecular formula is C10H4F9NO4. The number of nitrogens with zero attached hydrogens (tertiary/aromatic N) is 1. The number of carbonyl (C=O) groups excluding carboxylic acids is 2. The third kappa shape index (κ3) is 4.38. The van der Waals surface area contributed by atoms with Crippen molar-refractivity contribution in [1.82, 2.24) is 0 Å². The van der Waals surface area contributed by atoms with Gasteiger partial charge in [0.2, 0.25) is 5.76 Å². The number of hydrogen-bond donors (Lipinski definition) is 0. The molecule has 24 heavy (non-hydrogen) atoms. The van der Waals surface area contributed by atoms with Gasteiger partial charge < -0.3 is 9.47 Å². The minimum atomic E-state index is -5.82. The van der Waals surface area contributed by atoms with Crippen LogP contribution in [0.5, 0.6) is 0 Å². The van der Waals surface area contributed by atoms with Gasteiger partial charge in [-0.1, -0.05) is 0 Å². The Hall–Kier alpha value is -2.28. The van der Waals surface area contributed by atoms with Crippen LogP contribution in [0.2, 0.25) is 0 Å². The molecule has 0 aromatic carbocycles. The van der Waals surface area contributed by atoms with Crippen LogP contribution < -0.4 is 0 Å². The highest BCUT2D eigenvalue weighted by Crippen LogP contribution is 2.34. The van der Waals surface area contributed by atoms with Crippen molar-refractivity contribution in [3.63, 3.8) is 0 Å². The molecule has 1 rings (SSSR count). The van der Waals surface area contributed by atoms with E-state index in [1.807, 2.05) is 0 Å². The van der Waals surface area contributed by atoms with E-state index in [-0.39, 0.29) is 0 Å². The Morgan fingerprint density at radius 3 is 1.88 bits per heavy atom. The summed E-state index contributed by atoms with van der Waals surface area (Å²) in [6.07, 6.45) is -19.9. The first-order valence-corrected chi connectivity index (χ1v) is 5.48. The summed E-state index contributed by atoms with van der Waals surface area (Å²) < 4.78 is 118. The maximum Gasteiger partial charge on any atom is 0.491 e. The number of carbonyl (C=O) groups is 2. The lowest BCUT2D eigenvalue weighted by atomic mass is 10.1. The fourth-order valence-electron chi connectivity index (χ4n) is 1.35. The number of cyclic esters (lactones) is 1. The van der Waals surface area contributed by atoms with Crippen LogP contribution in [0.25, 0.3) is 0 Å². The minimum Gasteiger partial charge on any atom is -0.425 e. The van der Waals surface area contributed by atoms with Gasteiger partial charge in [-0.3, -0.25) is 0 Å². The molecule has 0 fully saturated rings. The largest absolute Gasteiger partial charge is 0.491 e. The van der Waals surface area contributed by atoms with Gasteiger partial charge in [-0.25, -0.2) is 14.6 Å². The lowest BCUT2D eigenvalue weighted by Gasteiger charge is -2.15. The maximum atomic E-state index is 12.7. The Labute approximate surface area is 125 Å². The minimum absolute atomic E-state index is 0.297. The van der Waals surface area contributed by atoms with Crippen LogP contribution in [0.15, 0.2) is 16.3 Å². The van der Waals surface area contributed by atoms with Crippen molar-refractivity contribution in [1.29, 1.82) is 0 Å². The van der Waals surface area contributed by atoms with Gasteiger partial charge in [-0.15, -0.1) is 0 Å². The zero-order valence-electron chi connectivity index (χ0n) is 11.1. The highest BCUT2D eigenvalue weighted by atomic mass is 19.4. The molecule has 0 N–H and O–H groups in total. The molecule has 14 heteroatoms. The Morgan fingerprint density at radius 1 is 1.04 bits per heavy atom. The number of halogens is 9. The molecule has 0 saturated heterocycles. The Kier molecular flexibility index (Phi) is 4.92. The molecule has 1 aliphatic heterocycles. The van der Waals surface area contributed by atoms with Crippen LogP contribution in [-0.2, 0) is 19.1 Å². The van der Waals surface area contributed by atoms with E-state index in [2.05, 4.69) is 14.5 Å². The molecule has 0 radical (unpaired) electrons. The number of alkyl halides is 9. The molecule has 0 bridgehead atoms. The maximum absolute atomic E-state index is 12.7. The molecule has 1 heterocycles. The van der Waals surface area contributed by atoms with Gasteiger partial charge in [0.25, 0.3) is 6.23 Å². The van der Waals surface area contributed by atoms with Crippen LogP contribution >= 0.6 is 0 Å². The average molecular weight is 373 g/mol. The van der Waals surface area contributed by atoms with Gasteiger partial charge >= 0.3 is 30.5 Å². The van der Waals surface area contributed by atoms with Crippen molar-refractivity contribution >= 4 is 17.7 Å². The van der Waals surface area contributed by atoms with Gasteiger partial charge in [0, 0.05) is 5.57 Å². The first-order valence-electron chi connectivity index (χ1n) is 5.48. The second-order valence-electron chi connectivity index (χ2n) is 4.12. The summed E-state index contributed by atoms with van der Waals surface area (Å²) in [6, 6.07) is 0. The Morgan fingerprint density at radius 2 is 1.54 bits per heavy atom. The molecule has 0 aromatic heterocycles. The number of allylic oxidation sites excluding steroid dienone is 1. The molecule has 1 aliphatic rings. The van der Waals surface area contributed by atoms with E-state index in [0.29, 0.717) is 6.92 Å². The predicted octanol–water partition coefficient (Wildman–Crippen LogP) is 2.81. The number of aliphatic imine (C=N–C) groups is 1. The normalized spacial score (nSPS) is 20.3. The van der Waals surface area contributed by atoms with Crippen LogP contribution in [0.4, 0.5) is 39.5 Å². The summed E-state index contributed by atoms with van der Waals surface area (Å²) in [5.74, 6) is -7.89. The van der Waals surface area contributed by atoms with Gasteiger partial charge in [-0.2, -0.15) is 39.5 Å². The smallest absolute Gasteiger partial charge is 0.425 e. The second kappa shape index (κ2) is 5.98. The number of esters is 2. The summed E-state index contributed by atoms with van der Waals surface area (Å²) in [6.45, 7) is 0.297. The van der Waals surface area contributed by atoms with Crippen molar-refractivity contribution in [3.8, 4) is 0 Å². The number of ether oxygens (including phenoxy) is 2. The summed E-state index contributed by atoms with van der Waals surface area (Å²) in [5.41, 5.74) is -3.14. The van der Waals surface area contributed by atoms with Gasteiger partial charge in [0.05, 0.1) is 0 Å². The number of rotatable bonds is 2. The van der Waals surface area contributed by atoms with E-state index >= 15 is 0 Å². The van der Waals surface area contributed by atoms with Crippen LogP contribution in [0, 0.1) is 0 Å². The van der Waals surface area contributed by atoms with E-state index in [0.717, 1.165) is 0 Å². The monoisotopic (exact) mass is 373 g/mol. The molecule has 1 atom stereocenters. The van der Waals surface area contributed by atoms with Gasteiger partial charge in [0.1, 0.15) is 0 Å². The van der Waals surface area contributed by atoms with E-state index in [1.165, 1.54) is 0 Å². The molecular weight excluding hydrogens is 369 g/mol. The second-order valence-corrected chi connectivity index (χ2v) is 4.12. The quantitative estimate of drug-likeness (QED) is 0.424. The van der Waals surface area contributed by atoms with Gasteiger partial charge in [0.15, 0.2) is 5.71 Å². The summed E-state index contributed by atoms with van der Waals surface area (Å²) >= 11 is 0. The summed E-state index contributed by atoms with van der Waals surface area (Å²) in [4.78, 5) is 24.2. The third-order valence-electron chi connectivity index (χ3n) is 2.32. The zero-order valence-corrected chi connectivity index (χ0v) is 11.1. The molecule has 0 spiro atoms. The van der Waals surface area contributed by atoms with Crippen molar-refractivity contribution in [2.45, 2.75) is 31.7 Å². The third-order valence-corrected chi connectivity index (χ3v) is 2.32. The molecule has 0 saturated carbocycles. The molecule has 0 amide bonds. The van der Waals surface area contributed by atoms with Crippen molar-refractivity contribution in [2.75, 3.05) is 0 Å². The van der Waals surface area contributed by atoms with E-state index in [4.69, 9.17) is 0 Å². The highest BCUT2D eigenvalue weighted by Gasteiger charge is 2.51. The van der Waals surface area contributed by atoms with E-state index in [1.54, 1.807) is 0 Å². The molecule has 0 aromatic rings. The lowest BCUT2D eigenvalue weighted by Crippen LogP contribution is -2.31. The van der Waals surface area contributed by atoms with Crippen molar-refractivity contribution in [2.24, 2.45) is 4.99 Å². The topological polar surface area (TPSA) is 65.0 Å². The lowest BCUT2D eigenvalue weighted by molar-refractivity contribution is -0.210. The zero-order chi connectivity index (χ0) is 19.1. The standard InChI is InChI=1S/C10H4F9NO4/c1-2(3-5(21)24-6(20-3)9(14,15)16)4(8(11,12)13)23-7(22)10(17,18)19/h6H,1H3/b4-2+/t6-/m1/s1. The summed E-state index contributed by atoms with van der Waals surface area (Å²) in [7, 11) is 0. The highest BCUT2D eigenvalue weighted by molar-refractivity contribution is 6.44. The van der Waals surface area contributed by atoms with Crippen LogP contribution in [0.3, 0.4) is 0 Å². The average Bonchev–Trinajstić information content (AvgIpc) is 2.74. The fraction of sp³-hybridized carbons (Fsp3) is 0.500.